The molecule has 0 spiro atoms. The number of aryl methyl sites for hydroxylation is 2. The zero-order chi connectivity index (χ0) is 15.3. The number of aliphatic hydroxyl groups excluding tert-OH is 2. The first-order valence-corrected chi connectivity index (χ1v) is 6.96. The molecule has 0 bridgehead atoms. The van der Waals surface area contributed by atoms with E-state index in [-0.39, 0.29) is 13.2 Å². The summed E-state index contributed by atoms with van der Waals surface area (Å²) in [4.78, 5) is 10.3. The van der Waals surface area contributed by atoms with Gasteiger partial charge in [-0.25, -0.2) is 9.97 Å². The molecule has 0 atom stereocenters. The van der Waals surface area contributed by atoms with E-state index >= 15 is 0 Å². The van der Waals surface area contributed by atoms with E-state index in [0.717, 1.165) is 11.4 Å². The van der Waals surface area contributed by atoms with E-state index in [1.807, 2.05) is 47.6 Å². The largest absolute Gasteiger partial charge is 0.395 e. The Morgan fingerprint density at radius 3 is 1.58 bits per heavy atom. The lowest BCUT2D eigenvalue weighted by atomic mass is 10.3. The lowest BCUT2D eigenvalue weighted by molar-refractivity contribution is 0.280. The Morgan fingerprint density at radius 1 is 0.895 bits per heavy atom. The van der Waals surface area contributed by atoms with Crippen molar-refractivity contribution in [3.8, 4) is 0 Å². The van der Waals surface area contributed by atoms with Crippen LogP contribution in [-0.2, 0) is 0 Å². The summed E-state index contributed by atoms with van der Waals surface area (Å²) in [6.07, 6.45) is 0. The van der Waals surface area contributed by atoms with E-state index in [1.165, 1.54) is 0 Å². The van der Waals surface area contributed by atoms with Crippen molar-refractivity contribution in [1.82, 2.24) is 9.97 Å². The zero-order valence-electron chi connectivity index (χ0n) is 13.1. The fourth-order valence-electron chi connectivity index (χ4n) is 1.40. The smallest absolute Gasteiger partial charge is 0.225 e. The topological polar surface area (TPSA) is 69.5 Å². The van der Waals surface area contributed by atoms with Crippen LogP contribution in [0.25, 0.3) is 0 Å². The summed E-state index contributed by atoms with van der Waals surface area (Å²) in [5.74, 6) is 0.565. The molecular formula is C14H29N3O2. The summed E-state index contributed by atoms with van der Waals surface area (Å²) in [5, 5.41) is 17.8. The van der Waals surface area contributed by atoms with Gasteiger partial charge in [-0.15, -0.1) is 0 Å². The second-order valence-electron chi connectivity index (χ2n) is 3.38. The molecule has 1 aromatic rings. The van der Waals surface area contributed by atoms with Crippen LogP contribution in [-0.4, -0.2) is 46.5 Å². The molecule has 0 saturated heterocycles. The molecule has 2 N–H and O–H groups in total. The summed E-state index contributed by atoms with van der Waals surface area (Å²) in [6, 6.07) is 1.89. The van der Waals surface area contributed by atoms with Crippen molar-refractivity contribution in [2.45, 2.75) is 41.5 Å². The van der Waals surface area contributed by atoms with Gasteiger partial charge in [0.1, 0.15) is 0 Å². The van der Waals surface area contributed by atoms with Crippen molar-refractivity contribution in [3.05, 3.63) is 17.5 Å². The molecule has 0 aliphatic carbocycles. The summed E-state index contributed by atoms with van der Waals surface area (Å²) in [6.45, 7) is 12.7. The van der Waals surface area contributed by atoms with E-state index in [9.17, 15) is 0 Å². The van der Waals surface area contributed by atoms with Gasteiger partial charge in [0.15, 0.2) is 0 Å². The molecule has 1 rings (SSSR count). The number of aliphatic hydroxyl groups is 2. The molecule has 19 heavy (non-hydrogen) atoms. The van der Waals surface area contributed by atoms with Crippen molar-refractivity contribution in [3.63, 3.8) is 0 Å². The van der Waals surface area contributed by atoms with Crippen LogP contribution in [0.1, 0.15) is 39.1 Å². The zero-order valence-corrected chi connectivity index (χ0v) is 13.1. The number of anilines is 1. The number of hydrogen-bond acceptors (Lipinski definition) is 5. The molecule has 0 fully saturated rings. The number of nitrogens with zero attached hydrogens (tertiary/aromatic N) is 3. The van der Waals surface area contributed by atoms with E-state index < -0.39 is 0 Å². The molecule has 5 heteroatoms. The standard InChI is InChI=1S/C10H17N3O2.2C2H6/c1-8-7-9(2)12-10(11-8)13(3-5-14)4-6-15;2*1-2/h7,14-15H,3-6H2,1-2H3;2*1-2H3. The second kappa shape index (κ2) is 13.2. The molecule has 0 saturated carbocycles. The van der Waals surface area contributed by atoms with Crippen LogP contribution in [0.15, 0.2) is 6.07 Å². The van der Waals surface area contributed by atoms with Gasteiger partial charge in [0.25, 0.3) is 0 Å². The van der Waals surface area contributed by atoms with E-state index in [1.54, 1.807) is 4.90 Å². The Kier molecular flexibility index (Phi) is 14.0. The summed E-state index contributed by atoms with van der Waals surface area (Å²) in [5.41, 5.74) is 1.77. The third kappa shape index (κ3) is 8.51. The minimum atomic E-state index is 0.0242. The van der Waals surface area contributed by atoms with E-state index in [4.69, 9.17) is 10.2 Å². The first-order valence-electron chi connectivity index (χ1n) is 6.96. The predicted molar refractivity (Wildman–Crippen MR) is 80.6 cm³/mol. The SMILES string of the molecule is CC.CC.Cc1cc(C)nc(N(CCO)CCO)n1. The fourth-order valence-corrected chi connectivity index (χ4v) is 1.40. The van der Waals surface area contributed by atoms with Gasteiger partial charge < -0.3 is 15.1 Å². The minimum Gasteiger partial charge on any atom is -0.395 e. The summed E-state index contributed by atoms with van der Waals surface area (Å²) >= 11 is 0. The highest BCUT2D eigenvalue weighted by atomic mass is 16.3. The van der Waals surface area contributed by atoms with Crippen molar-refractivity contribution in [1.29, 1.82) is 0 Å². The monoisotopic (exact) mass is 271 g/mol. The van der Waals surface area contributed by atoms with E-state index in [0.29, 0.717) is 19.0 Å². The fraction of sp³-hybridized carbons (Fsp3) is 0.714. The maximum Gasteiger partial charge on any atom is 0.225 e. The van der Waals surface area contributed by atoms with Gasteiger partial charge in [0.05, 0.1) is 13.2 Å². The van der Waals surface area contributed by atoms with Crippen LogP contribution in [0.4, 0.5) is 5.95 Å². The Balaban J connectivity index is 0. The van der Waals surface area contributed by atoms with Gasteiger partial charge >= 0.3 is 0 Å². The molecule has 1 heterocycles. The van der Waals surface area contributed by atoms with E-state index in [2.05, 4.69) is 9.97 Å². The molecule has 0 amide bonds. The van der Waals surface area contributed by atoms with Crippen LogP contribution >= 0.6 is 0 Å². The normalized spacial score (nSPS) is 8.84. The van der Waals surface area contributed by atoms with Gasteiger partial charge in [-0.3, -0.25) is 0 Å². The highest BCUT2D eigenvalue weighted by Gasteiger charge is 2.09. The third-order valence-electron chi connectivity index (χ3n) is 1.99. The molecule has 0 aliphatic heterocycles. The average molecular weight is 271 g/mol. The lowest BCUT2D eigenvalue weighted by Gasteiger charge is -2.20. The Hall–Kier alpha value is -1.20. The highest BCUT2D eigenvalue weighted by molar-refractivity contribution is 5.31. The van der Waals surface area contributed by atoms with Gasteiger partial charge in [-0.1, -0.05) is 27.7 Å². The van der Waals surface area contributed by atoms with Crippen LogP contribution in [0.2, 0.25) is 0 Å². The Bertz CT molecular complexity index is 293. The molecule has 0 aromatic carbocycles. The van der Waals surface area contributed by atoms with Gasteiger partial charge in [0, 0.05) is 24.5 Å². The van der Waals surface area contributed by atoms with Crippen LogP contribution in [0.3, 0.4) is 0 Å². The Morgan fingerprint density at radius 2 is 1.26 bits per heavy atom. The minimum absolute atomic E-state index is 0.0242. The van der Waals surface area contributed by atoms with Crippen molar-refractivity contribution in [2.24, 2.45) is 0 Å². The van der Waals surface area contributed by atoms with Crippen LogP contribution in [0.5, 0.6) is 0 Å². The van der Waals surface area contributed by atoms with Crippen LogP contribution < -0.4 is 4.90 Å². The lowest BCUT2D eigenvalue weighted by Crippen LogP contribution is -2.31. The van der Waals surface area contributed by atoms with Gasteiger partial charge in [-0.05, 0) is 19.9 Å². The number of hydrogen-bond donors (Lipinski definition) is 2. The first-order chi connectivity index (χ1) is 9.17. The van der Waals surface area contributed by atoms with Gasteiger partial charge in [-0.2, -0.15) is 0 Å². The molecule has 0 unspecified atom stereocenters. The Labute approximate surface area is 117 Å². The molecule has 5 nitrogen and oxygen atoms in total. The molecule has 0 radical (unpaired) electrons. The summed E-state index contributed by atoms with van der Waals surface area (Å²) in [7, 11) is 0. The average Bonchev–Trinajstić information content (AvgIpc) is 2.42. The van der Waals surface area contributed by atoms with Crippen molar-refractivity contribution in [2.75, 3.05) is 31.2 Å². The summed E-state index contributed by atoms with van der Waals surface area (Å²) < 4.78 is 0. The third-order valence-corrected chi connectivity index (χ3v) is 1.99. The maximum absolute atomic E-state index is 8.88. The van der Waals surface area contributed by atoms with Gasteiger partial charge in [0.2, 0.25) is 5.95 Å². The number of aromatic nitrogens is 2. The molecule has 112 valence electrons. The van der Waals surface area contributed by atoms with Crippen LogP contribution in [0, 0.1) is 13.8 Å². The second-order valence-corrected chi connectivity index (χ2v) is 3.38. The van der Waals surface area contributed by atoms with Crippen molar-refractivity contribution < 1.29 is 10.2 Å². The molecule has 0 aliphatic rings. The highest BCUT2D eigenvalue weighted by Crippen LogP contribution is 2.08. The molecular weight excluding hydrogens is 242 g/mol. The predicted octanol–water partition coefficient (Wildman–Crippen LogP) is 1.94. The number of rotatable bonds is 5. The van der Waals surface area contributed by atoms with Crippen molar-refractivity contribution >= 4 is 5.95 Å². The quantitative estimate of drug-likeness (QED) is 0.856. The molecule has 1 aromatic heterocycles. The first kappa shape index (κ1) is 20.1. The maximum atomic E-state index is 8.88.